The molecule has 3 atom stereocenters. The second-order valence-corrected chi connectivity index (χ2v) is 12.1. The van der Waals surface area contributed by atoms with Crippen LogP contribution in [0.1, 0.15) is 97.8 Å². The molecule has 3 radical (unpaired) electrons. The summed E-state index contributed by atoms with van der Waals surface area (Å²) in [5.74, 6) is 0. The van der Waals surface area contributed by atoms with Crippen molar-refractivity contribution in [1.29, 1.82) is 0 Å². The van der Waals surface area contributed by atoms with E-state index in [0.29, 0.717) is 12.8 Å². The van der Waals surface area contributed by atoms with E-state index >= 15 is 0 Å². The fourth-order valence-corrected chi connectivity index (χ4v) is 7.64. The van der Waals surface area contributed by atoms with Gasteiger partial charge in [-0.25, -0.2) is 0 Å². The van der Waals surface area contributed by atoms with Crippen molar-refractivity contribution in [2.45, 2.75) is 109 Å². The predicted octanol–water partition coefficient (Wildman–Crippen LogP) is 4.73. The molecule has 0 rings (SSSR count). The summed E-state index contributed by atoms with van der Waals surface area (Å²) >= 11 is 0. The van der Waals surface area contributed by atoms with Crippen LogP contribution < -0.4 is 0 Å². The molecule has 0 aromatic carbocycles. The van der Waals surface area contributed by atoms with Gasteiger partial charge >= 0.3 is 7.60 Å². The van der Waals surface area contributed by atoms with Crippen molar-refractivity contribution in [1.82, 2.24) is 0 Å². The van der Waals surface area contributed by atoms with E-state index < -0.39 is 26.0 Å². The molecule has 3 unspecified atom stereocenters. The minimum Gasteiger partial charge on any atom is -0.343 e. The van der Waals surface area contributed by atoms with Crippen LogP contribution in [0.3, 0.4) is 0 Å². The second kappa shape index (κ2) is 21.2. The molecule has 0 fully saturated rings. The zero-order valence-corrected chi connectivity index (χ0v) is 26.5. The van der Waals surface area contributed by atoms with Gasteiger partial charge in [-0.05, 0) is 12.8 Å². The third-order valence-electron chi connectivity index (χ3n) is 4.74. The average molecular weight is 453 g/mol. The molecule has 0 saturated carbocycles. The number of hydrogen-bond donors (Lipinski definition) is 3. The number of unbranched alkanes of at least 4 members (excludes halogenated alkanes) is 8. The van der Waals surface area contributed by atoms with Gasteiger partial charge in [-0.3, -0.25) is 9.13 Å². The summed E-state index contributed by atoms with van der Waals surface area (Å²) in [5.41, 5.74) is -0.549. The van der Waals surface area contributed by atoms with Gasteiger partial charge in [-0.1, -0.05) is 85.0 Å². The molecular weight excluding hydrogens is 415 g/mol. The minimum atomic E-state index is -4.56. The fourth-order valence-electron chi connectivity index (χ4n) is 3.02. The molecule has 149 valence electrons. The van der Waals surface area contributed by atoms with Crippen molar-refractivity contribution < 1.29 is 23.8 Å². The Kier molecular flexibility index (Phi) is 29.6. The molecule has 0 aliphatic rings. The van der Waals surface area contributed by atoms with Gasteiger partial charge in [-0.15, -0.1) is 0 Å². The Bertz CT molecular complexity index is 421. The third kappa shape index (κ3) is 17.6. The van der Waals surface area contributed by atoms with E-state index in [1.165, 1.54) is 25.7 Å². The number of rotatable bonds is 15. The Morgan fingerprint density at radius 1 is 0.667 bits per heavy atom. The Labute approximate surface area is 233 Å². The Balaban J connectivity index is -0.000000882. The van der Waals surface area contributed by atoms with Crippen molar-refractivity contribution in [2.75, 3.05) is 0 Å². The zero-order chi connectivity index (χ0) is 18.6. The van der Waals surface area contributed by atoms with Gasteiger partial charge in [0.25, 0.3) is 0 Å². The predicted molar refractivity (Wildman–Crippen MR) is 119 cm³/mol. The van der Waals surface area contributed by atoms with Crippen molar-refractivity contribution >= 4 is 104 Å². The number of hydrogen-bond acceptors (Lipinski definition) is 2. The molecule has 10 heteroatoms. The topological polar surface area (TPSA) is 94.8 Å². The van der Waals surface area contributed by atoms with Gasteiger partial charge in [-0.2, -0.15) is 0 Å². The van der Waals surface area contributed by atoms with E-state index in [4.69, 9.17) is 0 Å². The van der Waals surface area contributed by atoms with E-state index in [2.05, 4.69) is 6.92 Å². The molecular formula is C17H38Na3O5P2. The Hall–Kier alpha value is 3.34. The van der Waals surface area contributed by atoms with Crippen LogP contribution in [0.2, 0.25) is 0 Å². The third-order valence-corrected chi connectivity index (χ3v) is 10.3. The summed E-state index contributed by atoms with van der Waals surface area (Å²) in [6.07, 6.45) is 10.9. The molecule has 27 heavy (non-hydrogen) atoms. The Morgan fingerprint density at radius 3 is 1.48 bits per heavy atom. The van der Waals surface area contributed by atoms with E-state index in [1.807, 2.05) is 6.92 Å². The maximum absolute atomic E-state index is 12.7. The van der Waals surface area contributed by atoms with Crippen LogP contribution in [-0.4, -0.2) is 114 Å². The smallest absolute Gasteiger partial charge is 0.338 e. The standard InChI is InChI=1S/C17H38O5P2.3Na/c1-4-6-8-9-10-11-13-14-16(3)23(18,19)17(24(20,21)22)15-12-7-5-2;;;/h16-17H,4-15H2,1-3H3,(H,18,19)(H2,20,21,22);;;. The van der Waals surface area contributed by atoms with Gasteiger partial charge in [0.1, 0.15) is 5.40 Å². The maximum atomic E-state index is 12.7. The van der Waals surface area contributed by atoms with Crippen LogP contribution in [0.4, 0.5) is 0 Å². The first-order chi connectivity index (χ1) is 11.2. The molecule has 0 aromatic rings. The fraction of sp³-hybridized carbons (Fsp3) is 1.00. The van der Waals surface area contributed by atoms with Gasteiger partial charge in [0.05, 0.1) is 0 Å². The van der Waals surface area contributed by atoms with Crippen molar-refractivity contribution in [3.8, 4) is 0 Å². The summed E-state index contributed by atoms with van der Waals surface area (Å²) in [6.45, 7) is 5.84. The molecule has 0 aromatic heterocycles. The largest absolute Gasteiger partial charge is 0.343 e. The molecule has 0 aliphatic carbocycles. The van der Waals surface area contributed by atoms with Crippen LogP contribution in [0, 0.1) is 0 Å². The van der Waals surface area contributed by atoms with Crippen molar-refractivity contribution in [3.05, 3.63) is 0 Å². The minimum absolute atomic E-state index is 0. The van der Waals surface area contributed by atoms with Crippen LogP contribution in [0.15, 0.2) is 0 Å². The first-order valence-electron chi connectivity index (χ1n) is 9.55. The Morgan fingerprint density at radius 2 is 1.04 bits per heavy atom. The van der Waals surface area contributed by atoms with Crippen LogP contribution in [0.5, 0.6) is 0 Å². The van der Waals surface area contributed by atoms with Crippen LogP contribution in [0.25, 0.3) is 0 Å². The molecule has 3 N–H and O–H groups in total. The summed E-state index contributed by atoms with van der Waals surface area (Å²) < 4.78 is 24.4. The molecule has 0 heterocycles. The maximum Gasteiger partial charge on any atom is 0.338 e. The summed E-state index contributed by atoms with van der Waals surface area (Å²) in [4.78, 5) is 29.5. The van der Waals surface area contributed by atoms with Crippen LogP contribution in [-0.2, 0) is 9.13 Å². The monoisotopic (exact) mass is 453 g/mol. The molecule has 0 amide bonds. The summed E-state index contributed by atoms with van der Waals surface area (Å²) in [5, 5.41) is -1.39. The van der Waals surface area contributed by atoms with Crippen molar-refractivity contribution in [3.63, 3.8) is 0 Å². The molecule has 0 saturated heterocycles. The van der Waals surface area contributed by atoms with Gasteiger partial charge in [0, 0.05) is 94.3 Å². The van der Waals surface area contributed by atoms with E-state index in [0.717, 1.165) is 32.1 Å². The summed E-state index contributed by atoms with van der Waals surface area (Å²) in [7, 11) is -8.45. The first kappa shape index (κ1) is 37.6. The average Bonchev–Trinajstić information content (AvgIpc) is 2.48. The van der Waals surface area contributed by atoms with Gasteiger partial charge in [0.2, 0.25) is 7.37 Å². The second-order valence-electron chi connectivity index (χ2n) is 7.00. The van der Waals surface area contributed by atoms with E-state index in [-0.39, 0.29) is 95.1 Å². The summed E-state index contributed by atoms with van der Waals surface area (Å²) in [6, 6.07) is 0. The first-order valence-corrected chi connectivity index (χ1v) is 13.0. The molecule has 0 bridgehead atoms. The molecule has 5 nitrogen and oxygen atoms in total. The van der Waals surface area contributed by atoms with Gasteiger partial charge < -0.3 is 14.7 Å². The van der Waals surface area contributed by atoms with E-state index in [9.17, 15) is 23.8 Å². The quantitative estimate of drug-likeness (QED) is 0.189. The normalized spacial score (nSPS) is 15.5. The SMILES string of the molecule is CCCCCCCCCC(C)P(=O)(O)C(CCCCC)P(=O)(O)O.[Na].[Na].[Na]. The molecule has 0 spiro atoms. The molecule has 0 aliphatic heterocycles. The zero-order valence-electron chi connectivity index (χ0n) is 18.7. The van der Waals surface area contributed by atoms with Crippen LogP contribution >= 0.6 is 15.0 Å². The van der Waals surface area contributed by atoms with Gasteiger partial charge in [0.15, 0.2) is 0 Å². The van der Waals surface area contributed by atoms with Crippen molar-refractivity contribution in [2.24, 2.45) is 0 Å². The van der Waals surface area contributed by atoms with E-state index in [1.54, 1.807) is 6.92 Å².